The molecule has 10 heteroatoms. The van der Waals surface area contributed by atoms with Gasteiger partial charge >= 0.3 is 0 Å². The Morgan fingerprint density at radius 3 is 2.58 bits per heavy atom. The van der Waals surface area contributed by atoms with Gasteiger partial charge in [0.2, 0.25) is 15.7 Å². The monoisotopic (exact) mass is 486 g/mol. The van der Waals surface area contributed by atoms with E-state index in [0.717, 1.165) is 16.0 Å². The molecule has 0 aliphatic carbocycles. The Labute approximate surface area is 195 Å². The highest BCUT2D eigenvalue weighted by molar-refractivity contribution is 7.91. The van der Waals surface area contributed by atoms with Gasteiger partial charge in [-0.25, -0.2) is 8.42 Å². The number of thiophene rings is 1. The number of methoxy groups -OCH3 is 1. The molecule has 0 saturated heterocycles. The van der Waals surface area contributed by atoms with Crippen molar-refractivity contribution in [2.75, 3.05) is 19.0 Å². The largest absolute Gasteiger partial charge is 0.493 e. The topological polar surface area (TPSA) is 125 Å². The number of primary amides is 1. The van der Waals surface area contributed by atoms with Crippen molar-refractivity contribution in [2.24, 2.45) is 5.73 Å². The van der Waals surface area contributed by atoms with E-state index < -0.39 is 15.7 Å². The van der Waals surface area contributed by atoms with Crippen molar-refractivity contribution in [3.8, 4) is 11.5 Å². The van der Waals surface area contributed by atoms with Gasteiger partial charge in [0.05, 0.1) is 17.7 Å². The van der Waals surface area contributed by atoms with Gasteiger partial charge in [-0.05, 0) is 36.8 Å². The van der Waals surface area contributed by atoms with Crippen molar-refractivity contribution in [1.29, 1.82) is 0 Å². The number of ether oxygens (including phenoxy) is 2. The van der Waals surface area contributed by atoms with Crippen molar-refractivity contribution in [2.45, 2.75) is 29.1 Å². The number of benzene rings is 2. The maximum atomic E-state index is 13.3. The third-order valence-electron chi connectivity index (χ3n) is 5.34. The molecule has 0 radical (unpaired) electrons. The fourth-order valence-electron chi connectivity index (χ4n) is 3.68. The lowest BCUT2D eigenvalue weighted by Gasteiger charge is -2.24. The summed E-state index contributed by atoms with van der Waals surface area (Å²) in [7, 11) is -2.35. The zero-order valence-corrected chi connectivity index (χ0v) is 19.6. The molecule has 1 aliphatic heterocycles. The normalized spacial score (nSPS) is 15.5. The van der Waals surface area contributed by atoms with Crippen LogP contribution in [0.5, 0.6) is 11.5 Å². The van der Waals surface area contributed by atoms with Crippen LogP contribution in [0, 0.1) is 6.92 Å². The van der Waals surface area contributed by atoms with E-state index in [9.17, 15) is 18.0 Å². The molecule has 0 unspecified atom stereocenters. The number of hydrogen-bond acceptors (Lipinski definition) is 7. The molecule has 1 aromatic heterocycles. The number of amides is 2. The fraction of sp³-hybridized carbons (Fsp3) is 0.217. The summed E-state index contributed by atoms with van der Waals surface area (Å²) >= 11 is 1.29. The van der Waals surface area contributed by atoms with Crippen LogP contribution in [0.2, 0.25) is 0 Å². The van der Waals surface area contributed by atoms with Crippen LogP contribution in [0.4, 0.5) is 5.69 Å². The van der Waals surface area contributed by atoms with Gasteiger partial charge in [-0.15, -0.1) is 11.3 Å². The molecule has 2 amide bonds. The Kier molecular flexibility index (Phi) is 6.13. The summed E-state index contributed by atoms with van der Waals surface area (Å²) in [5.74, 6) is -0.533. The Morgan fingerprint density at radius 1 is 1.18 bits per heavy atom. The van der Waals surface area contributed by atoms with Crippen molar-refractivity contribution >= 4 is 38.7 Å². The Balaban J connectivity index is 1.74. The number of anilines is 1. The minimum Gasteiger partial charge on any atom is -0.493 e. The molecule has 2 aromatic carbocycles. The van der Waals surface area contributed by atoms with Gasteiger partial charge in [0, 0.05) is 22.6 Å². The molecule has 3 aromatic rings. The van der Waals surface area contributed by atoms with Crippen LogP contribution in [0.1, 0.15) is 28.3 Å². The van der Waals surface area contributed by atoms with Crippen molar-refractivity contribution in [1.82, 2.24) is 0 Å². The van der Waals surface area contributed by atoms with Crippen LogP contribution in [0.25, 0.3) is 0 Å². The number of carbonyl (C=O) groups excluding carboxylic acids is 2. The highest BCUT2D eigenvalue weighted by Gasteiger charge is 2.34. The lowest BCUT2D eigenvalue weighted by Crippen LogP contribution is -2.23. The van der Waals surface area contributed by atoms with Gasteiger partial charge in [0.25, 0.3) is 5.91 Å². The minimum absolute atomic E-state index is 0.0813. The van der Waals surface area contributed by atoms with E-state index in [-0.39, 0.29) is 34.6 Å². The number of hydrogen-bond donors (Lipinski definition) is 2. The van der Waals surface area contributed by atoms with Crippen molar-refractivity contribution in [3.05, 3.63) is 63.8 Å². The van der Waals surface area contributed by atoms with Gasteiger partial charge in [0.15, 0.2) is 18.1 Å². The molecule has 4 rings (SSSR count). The molecule has 3 N–H and O–H groups in total. The fourth-order valence-corrected chi connectivity index (χ4v) is 6.59. The molecule has 0 fully saturated rings. The van der Waals surface area contributed by atoms with Gasteiger partial charge in [-0.2, -0.15) is 0 Å². The van der Waals surface area contributed by atoms with Crippen LogP contribution in [0.3, 0.4) is 0 Å². The molecule has 0 saturated carbocycles. The summed E-state index contributed by atoms with van der Waals surface area (Å²) in [6.45, 7) is 1.59. The maximum absolute atomic E-state index is 13.3. The second-order valence-electron chi connectivity index (χ2n) is 7.63. The quantitative estimate of drug-likeness (QED) is 0.528. The summed E-state index contributed by atoms with van der Waals surface area (Å²) in [5.41, 5.74) is 7.16. The Bertz CT molecular complexity index is 1330. The van der Waals surface area contributed by atoms with Crippen molar-refractivity contribution in [3.63, 3.8) is 0 Å². The molecular formula is C23H22N2O6S2. The first-order valence-electron chi connectivity index (χ1n) is 10.0. The van der Waals surface area contributed by atoms with Gasteiger partial charge < -0.3 is 20.5 Å². The lowest BCUT2D eigenvalue weighted by atomic mass is 9.90. The van der Waals surface area contributed by atoms with E-state index in [1.54, 1.807) is 47.8 Å². The molecule has 8 nitrogen and oxygen atoms in total. The van der Waals surface area contributed by atoms with Crippen LogP contribution >= 0.6 is 11.3 Å². The zero-order valence-electron chi connectivity index (χ0n) is 18.0. The number of aryl methyl sites for hydroxylation is 1. The van der Waals surface area contributed by atoms with Crippen LogP contribution < -0.4 is 20.5 Å². The molecule has 1 aliphatic rings. The molecule has 172 valence electrons. The van der Waals surface area contributed by atoms with Gasteiger partial charge in [-0.1, -0.05) is 23.8 Å². The molecule has 1 atom stereocenters. The standard InChI is InChI=1S/C23H22N2O6S2/c1-13-3-6-15(7-4-13)33(28,29)19-12-32-23-16(10-21(27)25-22(19)23)14-5-8-17(18(9-14)30-2)31-11-20(24)26/h3-9,12,16H,10-11H2,1-2H3,(H2,24,26)(H,25,27)/t16-/m1/s1. The molecule has 33 heavy (non-hydrogen) atoms. The molecule has 0 spiro atoms. The first kappa shape index (κ1) is 22.8. The number of rotatable bonds is 7. The third kappa shape index (κ3) is 4.44. The average Bonchev–Trinajstić information content (AvgIpc) is 3.21. The van der Waals surface area contributed by atoms with E-state index in [1.807, 2.05) is 6.92 Å². The summed E-state index contributed by atoms with van der Waals surface area (Å²) in [6, 6.07) is 11.7. The highest BCUT2D eigenvalue weighted by Crippen LogP contribution is 2.47. The number of sulfone groups is 1. The molecule has 2 heterocycles. The third-order valence-corrected chi connectivity index (χ3v) is 8.38. The second-order valence-corrected chi connectivity index (χ2v) is 10.5. The summed E-state index contributed by atoms with van der Waals surface area (Å²) in [5, 5.41) is 4.32. The van der Waals surface area contributed by atoms with E-state index in [4.69, 9.17) is 15.2 Å². The second kappa shape index (κ2) is 8.87. The number of nitrogens with one attached hydrogen (secondary N) is 1. The number of fused-ring (bicyclic) bond motifs is 1. The number of carbonyl (C=O) groups is 2. The van der Waals surface area contributed by atoms with Crippen molar-refractivity contribution < 1.29 is 27.5 Å². The van der Waals surface area contributed by atoms with Gasteiger partial charge in [-0.3, -0.25) is 9.59 Å². The lowest BCUT2D eigenvalue weighted by molar-refractivity contribution is -0.120. The summed E-state index contributed by atoms with van der Waals surface area (Å²) in [6.07, 6.45) is 0.155. The van der Waals surface area contributed by atoms with Crippen LogP contribution in [0.15, 0.2) is 57.6 Å². The predicted octanol–water partition coefficient (Wildman–Crippen LogP) is 3.24. The zero-order chi connectivity index (χ0) is 23.8. The SMILES string of the molecule is COc1cc([C@H]2CC(=O)Nc3c(S(=O)(=O)c4ccc(C)cc4)csc32)ccc1OCC(N)=O. The highest BCUT2D eigenvalue weighted by atomic mass is 32.2. The predicted molar refractivity (Wildman–Crippen MR) is 124 cm³/mol. The summed E-state index contributed by atoms with van der Waals surface area (Å²) in [4.78, 5) is 24.6. The maximum Gasteiger partial charge on any atom is 0.255 e. The van der Waals surface area contributed by atoms with Crippen LogP contribution in [-0.2, 0) is 19.4 Å². The van der Waals surface area contributed by atoms with E-state index in [1.165, 1.54) is 18.4 Å². The Hall–Kier alpha value is -3.37. The Morgan fingerprint density at radius 2 is 1.91 bits per heavy atom. The minimum atomic E-state index is -3.81. The molecular weight excluding hydrogens is 464 g/mol. The average molecular weight is 487 g/mol. The summed E-state index contributed by atoms with van der Waals surface area (Å²) < 4.78 is 37.3. The van der Waals surface area contributed by atoms with E-state index in [2.05, 4.69) is 5.32 Å². The van der Waals surface area contributed by atoms with E-state index >= 15 is 0 Å². The van der Waals surface area contributed by atoms with Gasteiger partial charge in [0.1, 0.15) is 4.90 Å². The first-order valence-corrected chi connectivity index (χ1v) is 12.4. The van der Waals surface area contributed by atoms with E-state index in [0.29, 0.717) is 17.2 Å². The smallest absolute Gasteiger partial charge is 0.255 e. The van der Waals surface area contributed by atoms with Crippen LogP contribution in [-0.4, -0.2) is 33.9 Å². The number of nitrogens with two attached hydrogens (primary N) is 1. The molecule has 0 bridgehead atoms. The first-order chi connectivity index (χ1) is 15.7.